The molecule has 0 spiro atoms. The molecule has 0 aliphatic rings. The molecule has 0 aliphatic heterocycles. The van der Waals surface area contributed by atoms with Gasteiger partial charge in [-0.15, -0.1) is 0 Å². The summed E-state index contributed by atoms with van der Waals surface area (Å²) < 4.78 is 0. The number of anilines is 1. The fourth-order valence-electron chi connectivity index (χ4n) is 1.79. The van der Waals surface area contributed by atoms with Crippen molar-refractivity contribution in [1.82, 2.24) is 9.88 Å². The second-order valence-corrected chi connectivity index (χ2v) is 5.18. The van der Waals surface area contributed by atoms with E-state index in [4.69, 9.17) is 5.84 Å². The fraction of sp³-hybridized carbons (Fsp3) is 0.308. The molecule has 0 fully saturated rings. The Kier molecular flexibility index (Phi) is 4.69. The number of nitrogen functional groups attached to an aromatic ring is 1. The van der Waals surface area contributed by atoms with E-state index in [1.165, 1.54) is 10.4 Å². The highest BCUT2D eigenvalue weighted by Crippen LogP contribution is 2.19. The van der Waals surface area contributed by atoms with E-state index < -0.39 is 0 Å². The Morgan fingerprint density at radius 1 is 1.28 bits per heavy atom. The SMILES string of the molecule is CCN(Cc1ccccc1)Cc1cnc(NN)s1. The third kappa shape index (κ3) is 3.53. The summed E-state index contributed by atoms with van der Waals surface area (Å²) in [5.74, 6) is 5.33. The first-order chi connectivity index (χ1) is 8.81. The lowest BCUT2D eigenvalue weighted by Gasteiger charge is -2.19. The summed E-state index contributed by atoms with van der Waals surface area (Å²) in [6.07, 6.45) is 1.88. The van der Waals surface area contributed by atoms with Gasteiger partial charge in [-0.3, -0.25) is 10.3 Å². The third-order valence-electron chi connectivity index (χ3n) is 2.75. The molecule has 0 bridgehead atoms. The van der Waals surface area contributed by atoms with E-state index in [9.17, 15) is 0 Å². The number of benzene rings is 1. The van der Waals surface area contributed by atoms with Crippen molar-refractivity contribution in [2.45, 2.75) is 20.0 Å². The molecule has 2 aromatic rings. The van der Waals surface area contributed by atoms with Crippen LogP contribution in [0.2, 0.25) is 0 Å². The molecule has 2 rings (SSSR count). The third-order valence-corrected chi connectivity index (χ3v) is 3.67. The highest BCUT2D eigenvalue weighted by Gasteiger charge is 2.07. The Bertz CT molecular complexity index is 469. The van der Waals surface area contributed by atoms with Gasteiger partial charge in [0.05, 0.1) is 0 Å². The number of aromatic nitrogens is 1. The number of nitrogens with one attached hydrogen (secondary N) is 1. The van der Waals surface area contributed by atoms with Crippen LogP contribution in [0.5, 0.6) is 0 Å². The maximum absolute atomic E-state index is 5.33. The Morgan fingerprint density at radius 3 is 2.67 bits per heavy atom. The van der Waals surface area contributed by atoms with E-state index in [-0.39, 0.29) is 0 Å². The van der Waals surface area contributed by atoms with Crippen LogP contribution >= 0.6 is 11.3 Å². The topological polar surface area (TPSA) is 54.2 Å². The summed E-state index contributed by atoms with van der Waals surface area (Å²) in [7, 11) is 0. The van der Waals surface area contributed by atoms with Crippen LogP contribution < -0.4 is 11.3 Å². The van der Waals surface area contributed by atoms with Gasteiger partial charge in [0.15, 0.2) is 5.13 Å². The molecule has 4 nitrogen and oxygen atoms in total. The molecular weight excluding hydrogens is 244 g/mol. The highest BCUT2D eigenvalue weighted by molar-refractivity contribution is 7.15. The van der Waals surface area contributed by atoms with Crippen LogP contribution in [0.15, 0.2) is 36.5 Å². The highest BCUT2D eigenvalue weighted by atomic mass is 32.1. The molecule has 0 amide bonds. The van der Waals surface area contributed by atoms with Crippen molar-refractivity contribution < 1.29 is 0 Å². The molecule has 0 saturated carbocycles. The summed E-state index contributed by atoms with van der Waals surface area (Å²) in [4.78, 5) is 7.79. The molecule has 3 N–H and O–H groups in total. The predicted molar refractivity (Wildman–Crippen MR) is 76.2 cm³/mol. The van der Waals surface area contributed by atoms with Crippen LogP contribution in [-0.4, -0.2) is 16.4 Å². The minimum atomic E-state index is 0.765. The van der Waals surface area contributed by atoms with Gasteiger partial charge in [0.1, 0.15) is 0 Å². The lowest BCUT2D eigenvalue weighted by molar-refractivity contribution is 0.273. The first kappa shape index (κ1) is 13.0. The van der Waals surface area contributed by atoms with Gasteiger partial charge in [-0.1, -0.05) is 48.6 Å². The normalized spacial score (nSPS) is 10.8. The standard InChI is InChI=1S/C13H18N4S/c1-2-17(9-11-6-4-3-5-7-11)10-12-8-15-13(16-14)18-12/h3-8H,2,9-10,14H2,1H3,(H,15,16). The number of thiazole rings is 1. The number of rotatable bonds is 6. The smallest absolute Gasteiger partial charge is 0.197 e. The molecular formula is C13H18N4S. The lowest BCUT2D eigenvalue weighted by atomic mass is 10.2. The molecule has 96 valence electrons. The zero-order valence-electron chi connectivity index (χ0n) is 10.5. The largest absolute Gasteiger partial charge is 0.300 e. The second-order valence-electron chi connectivity index (χ2n) is 4.06. The number of hydrazine groups is 1. The van der Waals surface area contributed by atoms with Crippen molar-refractivity contribution in [1.29, 1.82) is 0 Å². The minimum absolute atomic E-state index is 0.765. The number of hydrogen-bond donors (Lipinski definition) is 2. The molecule has 0 unspecified atom stereocenters. The number of hydrogen-bond acceptors (Lipinski definition) is 5. The van der Waals surface area contributed by atoms with Gasteiger partial charge in [-0.05, 0) is 12.1 Å². The number of nitrogens with two attached hydrogens (primary N) is 1. The van der Waals surface area contributed by atoms with Crippen LogP contribution in [0, 0.1) is 0 Å². The quantitative estimate of drug-likeness (QED) is 0.620. The van der Waals surface area contributed by atoms with Crippen LogP contribution in [-0.2, 0) is 13.1 Å². The maximum Gasteiger partial charge on any atom is 0.197 e. The van der Waals surface area contributed by atoms with Crippen LogP contribution in [0.4, 0.5) is 5.13 Å². The summed E-state index contributed by atoms with van der Waals surface area (Å²) in [5, 5.41) is 0.765. The van der Waals surface area contributed by atoms with Crippen molar-refractivity contribution in [2.24, 2.45) is 5.84 Å². The first-order valence-electron chi connectivity index (χ1n) is 5.99. The Balaban J connectivity index is 1.97. The van der Waals surface area contributed by atoms with Gasteiger partial charge >= 0.3 is 0 Å². The van der Waals surface area contributed by atoms with E-state index in [0.717, 1.165) is 24.8 Å². The molecule has 0 atom stereocenters. The summed E-state index contributed by atoms with van der Waals surface area (Å²) in [6, 6.07) is 10.5. The van der Waals surface area contributed by atoms with Crippen LogP contribution in [0.3, 0.4) is 0 Å². The van der Waals surface area contributed by atoms with Crippen molar-refractivity contribution in [3.8, 4) is 0 Å². The lowest BCUT2D eigenvalue weighted by Crippen LogP contribution is -2.21. The predicted octanol–water partition coefficient (Wildman–Crippen LogP) is 2.45. The van der Waals surface area contributed by atoms with E-state index in [0.29, 0.717) is 0 Å². The first-order valence-corrected chi connectivity index (χ1v) is 6.81. The van der Waals surface area contributed by atoms with Crippen molar-refractivity contribution in [2.75, 3.05) is 12.0 Å². The molecule has 5 heteroatoms. The molecule has 0 radical (unpaired) electrons. The average molecular weight is 262 g/mol. The Morgan fingerprint density at radius 2 is 2.06 bits per heavy atom. The molecule has 0 aliphatic carbocycles. The van der Waals surface area contributed by atoms with E-state index >= 15 is 0 Å². The van der Waals surface area contributed by atoms with Gasteiger partial charge in [-0.2, -0.15) is 0 Å². The maximum atomic E-state index is 5.33. The van der Waals surface area contributed by atoms with Crippen LogP contribution in [0.25, 0.3) is 0 Å². The Hall–Kier alpha value is -1.43. The van der Waals surface area contributed by atoms with Gasteiger partial charge in [0.2, 0.25) is 0 Å². The van der Waals surface area contributed by atoms with E-state index in [1.54, 1.807) is 11.3 Å². The van der Waals surface area contributed by atoms with Crippen molar-refractivity contribution >= 4 is 16.5 Å². The van der Waals surface area contributed by atoms with Gasteiger partial charge in [-0.25, -0.2) is 10.8 Å². The zero-order chi connectivity index (χ0) is 12.8. The molecule has 1 aromatic heterocycles. The van der Waals surface area contributed by atoms with Gasteiger partial charge in [0.25, 0.3) is 0 Å². The Labute approximate surface area is 111 Å². The average Bonchev–Trinajstić information content (AvgIpc) is 2.87. The van der Waals surface area contributed by atoms with Crippen molar-refractivity contribution in [3.05, 3.63) is 47.0 Å². The molecule has 0 saturated heterocycles. The fourth-order valence-corrected chi connectivity index (χ4v) is 2.55. The van der Waals surface area contributed by atoms with Crippen LogP contribution in [0.1, 0.15) is 17.4 Å². The number of nitrogens with zero attached hydrogens (tertiary/aromatic N) is 2. The summed E-state index contributed by atoms with van der Waals surface area (Å²) in [5.41, 5.74) is 3.91. The second kappa shape index (κ2) is 6.49. The van der Waals surface area contributed by atoms with Gasteiger partial charge in [0, 0.05) is 24.2 Å². The minimum Gasteiger partial charge on any atom is -0.300 e. The molecule has 1 heterocycles. The zero-order valence-corrected chi connectivity index (χ0v) is 11.3. The monoisotopic (exact) mass is 262 g/mol. The van der Waals surface area contributed by atoms with Gasteiger partial charge < -0.3 is 0 Å². The van der Waals surface area contributed by atoms with Crippen molar-refractivity contribution in [3.63, 3.8) is 0 Å². The van der Waals surface area contributed by atoms with E-state index in [2.05, 4.69) is 46.5 Å². The molecule has 18 heavy (non-hydrogen) atoms. The summed E-state index contributed by atoms with van der Waals surface area (Å²) in [6.45, 7) is 5.05. The molecule has 1 aromatic carbocycles. The summed E-state index contributed by atoms with van der Waals surface area (Å²) >= 11 is 1.60. The van der Waals surface area contributed by atoms with E-state index in [1.807, 2.05) is 12.3 Å².